The number of aliphatic hydroxyl groups is 7. The average Bonchev–Trinajstić information content (AvgIpc) is 1.73. The second-order valence-corrected chi connectivity index (χ2v) is 24.9. The number of ether oxygens (including phenoxy) is 2. The molecule has 13 N–H and O–H groups in total. The van der Waals surface area contributed by atoms with Crippen LogP contribution in [0, 0.1) is 5.92 Å². The monoisotopic (exact) mass is 1250 g/mol. The van der Waals surface area contributed by atoms with Gasteiger partial charge in [0.1, 0.15) is 78.7 Å². The molecule has 0 aromatic heterocycles. The van der Waals surface area contributed by atoms with Gasteiger partial charge in [-0.25, -0.2) is 0 Å². The van der Waals surface area contributed by atoms with E-state index in [-0.39, 0.29) is 36.1 Å². The van der Waals surface area contributed by atoms with Crippen LogP contribution in [0.15, 0.2) is 97.1 Å². The van der Waals surface area contributed by atoms with E-state index in [4.69, 9.17) is 9.47 Å². The van der Waals surface area contributed by atoms with E-state index < -0.39 is 152 Å². The Hall–Kier alpha value is -7.59. The van der Waals surface area contributed by atoms with Gasteiger partial charge in [-0.05, 0) is 84.5 Å². The van der Waals surface area contributed by atoms with Crippen LogP contribution < -0.4 is 31.3 Å². The summed E-state index contributed by atoms with van der Waals surface area (Å²) in [4.78, 5) is 105. The number of carbonyl (C=O) groups is 7. The van der Waals surface area contributed by atoms with Gasteiger partial charge in [-0.3, -0.25) is 33.6 Å². The lowest BCUT2D eigenvalue weighted by Gasteiger charge is -2.35. The summed E-state index contributed by atoms with van der Waals surface area (Å²) in [6, 6.07) is 15.2. The highest BCUT2D eigenvalue weighted by Crippen LogP contribution is 2.31. The molecule has 16 atom stereocenters. The first-order valence-electron chi connectivity index (χ1n) is 30.8. The number of nitrogens with zero attached hydrogens (tertiary/aromatic N) is 3. The normalized spacial score (nSPS) is 28.5. The molecule has 0 saturated carbocycles. The SMILES string of the molecule is CCCCCOc1ccc(-c2ccc(-c3ccc(C(=O)N[C@H]4C[C@@H](O)[C@@H](OC[C@H]5CCC[N+]5(C)C)NC(=O)[C@@H]5[C@@H](O)[C@@H](C)CN5C(=O)[C@H]([C@@H](C)O)NC(=O)[C@H]([C@H](O)[C@@H](O)c5ccc(O)cc5)NC(=O)[C@@H]5C[C@@H](O)CN5C(=O)[C@H]([C@@H](C)O)NC4=O)cc3)cc2)cc1. The minimum absolute atomic E-state index is 0.0546. The Labute approximate surface area is 522 Å². The summed E-state index contributed by atoms with van der Waals surface area (Å²) in [7, 11) is 3.96. The van der Waals surface area contributed by atoms with E-state index >= 15 is 0 Å². The number of likely N-dealkylation sites (N-methyl/N-ethyl adjacent to an activating group) is 1. The number of aromatic hydroxyl groups is 1. The molecular weight excluding hydrogens is 1160 g/mol. The number of likely N-dealkylation sites (tertiary alicyclic amines) is 1. The fourth-order valence-electron chi connectivity index (χ4n) is 12.1. The predicted molar refractivity (Wildman–Crippen MR) is 327 cm³/mol. The Morgan fingerprint density at radius 3 is 1.80 bits per heavy atom. The number of amides is 7. The third-order valence-corrected chi connectivity index (χ3v) is 17.7. The summed E-state index contributed by atoms with van der Waals surface area (Å²) in [5.41, 5.74) is 3.50. The summed E-state index contributed by atoms with van der Waals surface area (Å²) in [5, 5.41) is 103. The van der Waals surface area contributed by atoms with E-state index in [1.807, 2.05) is 62.6 Å². The molecule has 0 spiro atoms. The van der Waals surface area contributed by atoms with E-state index in [2.05, 4.69) is 33.5 Å². The van der Waals surface area contributed by atoms with Crippen molar-refractivity contribution in [1.82, 2.24) is 36.4 Å². The summed E-state index contributed by atoms with van der Waals surface area (Å²) < 4.78 is 12.7. The van der Waals surface area contributed by atoms with Crippen LogP contribution in [0.4, 0.5) is 0 Å². The van der Waals surface area contributed by atoms with E-state index in [9.17, 15) is 74.4 Å². The first-order chi connectivity index (χ1) is 42.8. The molecule has 4 aromatic rings. The Bertz CT molecular complexity index is 3130. The number of hydrogen-bond donors (Lipinski definition) is 13. The van der Waals surface area contributed by atoms with E-state index in [0.717, 1.165) is 83.9 Å². The highest BCUT2D eigenvalue weighted by molar-refractivity contribution is 6.00. The number of nitrogens with one attached hydrogen (secondary N) is 5. The summed E-state index contributed by atoms with van der Waals surface area (Å²) in [5.74, 6) is -8.17. The van der Waals surface area contributed by atoms with Gasteiger partial charge in [0.2, 0.25) is 35.4 Å². The van der Waals surface area contributed by atoms with Crippen LogP contribution in [0.2, 0.25) is 0 Å². The van der Waals surface area contributed by atoms with Crippen LogP contribution in [-0.4, -0.2) is 229 Å². The molecule has 0 radical (unpaired) electrons. The number of phenolic OH excluding ortho intramolecular Hbond substituents is 1. The highest BCUT2D eigenvalue weighted by Gasteiger charge is 2.51. The van der Waals surface area contributed by atoms with Crippen molar-refractivity contribution in [3.63, 3.8) is 0 Å². The number of carbonyl (C=O) groups excluding carboxylic acids is 7. The first-order valence-corrected chi connectivity index (χ1v) is 30.8. The van der Waals surface area contributed by atoms with Gasteiger partial charge in [0.05, 0.1) is 51.7 Å². The van der Waals surface area contributed by atoms with Crippen molar-refractivity contribution in [3.8, 4) is 33.8 Å². The van der Waals surface area contributed by atoms with Gasteiger partial charge in [-0.2, -0.15) is 0 Å². The molecule has 4 fully saturated rings. The van der Waals surface area contributed by atoms with Crippen molar-refractivity contribution in [2.24, 2.45) is 5.92 Å². The molecule has 4 aromatic carbocycles. The zero-order chi connectivity index (χ0) is 65.3. The zero-order valence-electron chi connectivity index (χ0n) is 51.6. The third-order valence-electron chi connectivity index (χ3n) is 17.7. The molecule has 4 aliphatic heterocycles. The molecule has 4 saturated heterocycles. The Kier molecular flexibility index (Phi) is 22.8. The Morgan fingerprint density at radius 1 is 0.678 bits per heavy atom. The molecule has 0 aliphatic carbocycles. The Balaban J connectivity index is 1.13. The fraction of sp³-hybridized carbons (Fsp3) is 0.523. The van der Waals surface area contributed by atoms with Crippen LogP contribution in [0.5, 0.6) is 11.5 Å². The van der Waals surface area contributed by atoms with Crippen LogP contribution in [0.1, 0.15) is 94.7 Å². The quantitative estimate of drug-likeness (QED) is 0.0501. The zero-order valence-corrected chi connectivity index (χ0v) is 51.6. The molecule has 488 valence electrons. The third kappa shape index (κ3) is 16.3. The molecule has 4 aliphatic rings. The van der Waals surface area contributed by atoms with Crippen molar-refractivity contribution < 1.29 is 88.4 Å². The predicted octanol–water partition coefficient (Wildman–Crippen LogP) is 0.336. The number of rotatable bonds is 17. The number of quaternary nitrogens is 1. The molecule has 90 heavy (non-hydrogen) atoms. The maximum atomic E-state index is 14.9. The van der Waals surface area contributed by atoms with Gasteiger partial charge >= 0.3 is 0 Å². The van der Waals surface area contributed by atoms with Crippen LogP contribution in [-0.2, 0) is 33.5 Å². The van der Waals surface area contributed by atoms with Gasteiger partial charge in [-0.15, -0.1) is 0 Å². The number of unbranched alkanes of at least 4 members (excludes halogenated alkanes) is 2. The summed E-state index contributed by atoms with van der Waals surface area (Å²) in [6.07, 6.45) is -11.1. The second kappa shape index (κ2) is 30.0. The van der Waals surface area contributed by atoms with E-state index in [1.165, 1.54) is 43.3 Å². The summed E-state index contributed by atoms with van der Waals surface area (Å²) >= 11 is 0. The Morgan fingerprint density at radius 2 is 1.23 bits per heavy atom. The minimum atomic E-state index is -2.29. The van der Waals surface area contributed by atoms with Gasteiger partial charge in [0.25, 0.3) is 5.91 Å². The van der Waals surface area contributed by atoms with Gasteiger partial charge < -0.3 is 91.2 Å². The van der Waals surface area contributed by atoms with Gasteiger partial charge in [0.15, 0.2) is 6.23 Å². The van der Waals surface area contributed by atoms with E-state index in [1.54, 1.807) is 12.1 Å². The minimum Gasteiger partial charge on any atom is -0.508 e. The number of phenols is 1. The lowest BCUT2D eigenvalue weighted by molar-refractivity contribution is -0.902. The van der Waals surface area contributed by atoms with Gasteiger partial charge in [0, 0.05) is 50.3 Å². The maximum Gasteiger partial charge on any atom is 0.251 e. The van der Waals surface area contributed by atoms with Crippen molar-refractivity contribution in [1.29, 1.82) is 0 Å². The summed E-state index contributed by atoms with van der Waals surface area (Å²) in [6.45, 7) is 6.40. The lowest BCUT2D eigenvalue weighted by Crippen LogP contribution is -2.64. The molecule has 4 heterocycles. The van der Waals surface area contributed by atoms with Crippen molar-refractivity contribution in [2.75, 3.05) is 46.9 Å². The number of benzene rings is 4. The lowest BCUT2D eigenvalue weighted by atomic mass is 9.96. The molecule has 7 amide bonds. The smallest absolute Gasteiger partial charge is 0.251 e. The van der Waals surface area contributed by atoms with Crippen molar-refractivity contribution in [2.45, 2.75) is 164 Å². The molecule has 25 heteroatoms. The van der Waals surface area contributed by atoms with Crippen LogP contribution >= 0.6 is 0 Å². The molecule has 25 nitrogen and oxygen atoms in total. The van der Waals surface area contributed by atoms with Crippen molar-refractivity contribution >= 4 is 41.4 Å². The molecule has 8 rings (SSSR count). The molecule has 0 bridgehead atoms. The van der Waals surface area contributed by atoms with Gasteiger partial charge in [-0.1, -0.05) is 87.4 Å². The topological polar surface area (TPSA) is 366 Å². The first kappa shape index (κ1) is 68.3. The highest BCUT2D eigenvalue weighted by atomic mass is 16.5. The largest absolute Gasteiger partial charge is 0.508 e. The van der Waals surface area contributed by atoms with Crippen LogP contribution in [0.25, 0.3) is 22.3 Å². The van der Waals surface area contributed by atoms with Crippen LogP contribution in [0.3, 0.4) is 0 Å². The van der Waals surface area contributed by atoms with E-state index in [0.29, 0.717) is 17.5 Å². The number of aliphatic hydroxyl groups excluding tert-OH is 7. The molecule has 0 unspecified atom stereocenters. The molecular formula is C65H87N8O17+. The maximum absolute atomic E-state index is 14.9. The standard InChI is InChI=1S/C65H86N8O17/c1-7-8-9-29-89-47-26-22-41(23-27-47)39-14-12-38(13-15-39)40-16-18-43(19-17-40)58(82)66-48-31-50(78)63(90-34-44-11-10-28-73(44,5)6)70-62(86)54-55(79)35(2)32-72(54)65(88)52(37(4)75)68-61(85)53(57(81)56(80)42-20-24-45(76)25-21-42)69-60(84)49-30-46(77)33-71(49)64(87)51(36(3)74)67-59(48)83/h12-27,35-37,44,46,48-57,63,74-75,77-81H,7-11,28-34H2,1-6H3,(H5-,66,67,68,69,70,76,82,83,84,85,86)/p+1/t35-,36+,37+,44+,46+,48-,49-,50+,51-,52-,53-,54-,55-,56-,57-,63+/m0/s1. The second-order valence-electron chi connectivity index (χ2n) is 24.9. The number of hydrogen-bond acceptors (Lipinski definition) is 17. The van der Waals surface area contributed by atoms with Crippen molar-refractivity contribution in [3.05, 3.63) is 108 Å². The average molecular weight is 1250 g/mol. The number of fused-ring (bicyclic) bond motifs is 2. The fourth-order valence-corrected chi connectivity index (χ4v) is 12.1.